The standard InChI is InChI=1S/C11H21NO3/c1-4-15-10(14)7-11(2)8-12(3)6-5-9(11)13/h9,13H,4-8H2,1-3H3. The Morgan fingerprint density at radius 1 is 1.67 bits per heavy atom. The molecule has 1 saturated heterocycles. The number of carbonyl (C=O) groups excluding carboxylic acids is 1. The number of likely N-dealkylation sites (tertiary alicyclic amines) is 1. The van der Waals surface area contributed by atoms with E-state index in [2.05, 4.69) is 4.90 Å². The summed E-state index contributed by atoms with van der Waals surface area (Å²) in [4.78, 5) is 13.6. The van der Waals surface area contributed by atoms with Crippen LogP contribution in [0.3, 0.4) is 0 Å². The minimum Gasteiger partial charge on any atom is -0.466 e. The van der Waals surface area contributed by atoms with Crippen LogP contribution in [-0.4, -0.2) is 48.8 Å². The third-order valence-electron chi connectivity index (χ3n) is 3.07. The molecule has 0 bridgehead atoms. The Morgan fingerprint density at radius 3 is 2.93 bits per heavy atom. The first kappa shape index (κ1) is 12.5. The second kappa shape index (κ2) is 4.94. The molecule has 0 aromatic heterocycles. The highest BCUT2D eigenvalue weighted by atomic mass is 16.5. The van der Waals surface area contributed by atoms with Crippen molar-refractivity contribution in [3.8, 4) is 0 Å². The molecule has 0 saturated carbocycles. The molecular formula is C11H21NO3. The van der Waals surface area contributed by atoms with Crippen LogP contribution in [0.2, 0.25) is 0 Å². The smallest absolute Gasteiger partial charge is 0.306 e. The van der Waals surface area contributed by atoms with Crippen molar-refractivity contribution in [3.63, 3.8) is 0 Å². The van der Waals surface area contributed by atoms with Crippen molar-refractivity contribution in [2.75, 3.05) is 26.7 Å². The first-order chi connectivity index (χ1) is 6.98. The summed E-state index contributed by atoms with van der Waals surface area (Å²) < 4.78 is 4.92. The van der Waals surface area contributed by atoms with Crippen LogP contribution in [0.1, 0.15) is 26.7 Å². The number of aliphatic hydroxyl groups excluding tert-OH is 1. The van der Waals surface area contributed by atoms with E-state index >= 15 is 0 Å². The van der Waals surface area contributed by atoms with E-state index in [9.17, 15) is 9.90 Å². The second-order valence-corrected chi connectivity index (χ2v) is 4.68. The van der Waals surface area contributed by atoms with Crippen molar-refractivity contribution in [1.82, 2.24) is 4.90 Å². The highest BCUT2D eigenvalue weighted by Crippen LogP contribution is 2.33. The Hall–Kier alpha value is -0.610. The minimum atomic E-state index is -0.405. The van der Waals surface area contributed by atoms with Crippen LogP contribution in [0, 0.1) is 5.41 Å². The number of aliphatic hydroxyl groups is 1. The van der Waals surface area contributed by atoms with E-state index in [1.54, 1.807) is 6.92 Å². The molecule has 0 aromatic carbocycles. The first-order valence-electron chi connectivity index (χ1n) is 5.50. The number of esters is 1. The molecule has 1 rings (SSSR count). The van der Waals surface area contributed by atoms with Gasteiger partial charge in [-0.15, -0.1) is 0 Å². The number of rotatable bonds is 3. The predicted octanol–water partition coefficient (Wildman–Crippen LogP) is 0.642. The zero-order valence-electron chi connectivity index (χ0n) is 9.82. The van der Waals surface area contributed by atoms with E-state index in [1.807, 2.05) is 14.0 Å². The van der Waals surface area contributed by atoms with Crippen LogP contribution in [-0.2, 0) is 9.53 Å². The van der Waals surface area contributed by atoms with Crippen molar-refractivity contribution >= 4 is 5.97 Å². The molecule has 0 amide bonds. The highest BCUT2D eigenvalue weighted by molar-refractivity contribution is 5.70. The zero-order chi connectivity index (χ0) is 11.5. The fraction of sp³-hybridized carbons (Fsp3) is 0.909. The van der Waals surface area contributed by atoms with Crippen LogP contribution in [0.25, 0.3) is 0 Å². The van der Waals surface area contributed by atoms with Gasteiger partial charge in [-0.25, -0.2) is 0 Å². The fourth-order valence-electron chi connectivity index (χ4n) is 2.21. The number of piperidine rings is 1. The molecule has 1 N–H and O–H groups in total. The molecule has 88 valence electrons. The quantitative estimate of drug-likeness (QED) is 0.702. The van der Waals surface area contributed by atoms with Gasteiger partial charge in [0.05, 0.1) is 19.1 Å². The average molecular weight is 215 g/mol. The molecule has 1 heterocycles. The molecular weight excluding hydrogens is 194 g/mol. The average Bonchev–Trinajstić information content (AvgIpc) is 2.12. The highest BCUT2D eigenvalue weighted by Gasteiger charge is 2.39. The van der Waals surface area contributed by atoms with Gasteiger partial charge in [-0.3, -0.25) is 4.79 Å². The van der Waals surface area contributed by atoms with Crippen LogP contribution >= 0.6 is 0 Å². The molecule has 0 radical (unpaired) electrons. The summed E-state index contributed by atoms with van der Waals surface area (Å²) in [5.41, 5.74) is -0.362. The molecule has 1 aliphatic heterocycles. The molecule has 1 fully saturated rings. The van der Waals surface area contributed by atoms with Gasteiger partial charge in [0.2, 0.25) is 0 Å². The fourth-order valence-corrected chi connectivity index (χ4v) is 2.21. The number of nitrogens with zero attached hydrogens (tertiary/aromatic N) is 1. The van der Waals surface area contributed by atoms with Gasteiger partial charge in [0.15, 0.2) is 0 Å². The summed E-state index contributed by atoms with van der Waals surface area (Å²) in [6.07, 6.45) is 0.622. The Morgan fingerprint density at radius 2 is 2.33 bits per heavy atom. The lowest BCUT2D eigenvalue weighted by Crippen LogP contribution is -2.49. The lowest BCUT2D eigenvalue weighted by molar-refractivity contribution is -0.149. The zero-order valence-corrected chi connectivity index (χ0v) is 9.82. The maximum Gasteiger partial charge on any atom is 0.306 e. The molecule has 4 heteroatoms. The molecule has 4 nitrogen and oxygen atoms in total. The van der Waals surface area contributed by atoms with Crippen LogP contribution < -0.4 is 0 Å². The number of hydrogen-bond donors (Lipinski definition) is 1. The van der Waals surface area contributed by atoms with Crippen molar-refractivity contribution in [3.05, 3.63) is 0 Å². The minimum absolute atomic E-state index is 0.214. The maximum absolute atomic E-state index is 11.4. The summed E-state index contributed by atoms with van der Waals surface area (Å²) in [6, 6.07) is 0. The van der Waals surface area contributed by atoms with Gasteiger partial charge < -0.3 is 14.7 Å². The Bertz CT molecular complexity index is 232. The number of hydrogen-bond acceptors (Lipinski definition) is 4. The van der Waals surface area contributed by atoms with E-state index in [-0.39, 0.29) is 11.4 Å². The number of carbonyl (C=O) groups is 1. The normalized spacial score (nSPS) is 32.7. The Kier molecular flexibility index (Phi) is 4.11. The van der Waals surface area contributed by atoms with E-state index in [0.717, 1.165) is 19.5 Å². The predicted molar refractivity (Wildman–Crippen MR) is 57.5 cm³/mol. The summed E-state index contributed by atoms with van der Waals surface area (Å²) in [7, 11) is 2.01. The summed E-state index contributed by atoms with van der Waals surface area (Å²) in [5.74, 6) is -0.214. The molecule has 15 heavy (non-hydrogen) atoms. The first-order valence-corrected chi connectivity index (χ1v) is 5.50. The molecule has 0 aromatic rings. The van der Waals surface area contributed by atoms with Gasteiger partial charge in [-0.1, -0.05) is 6.92 Å². The monoisotopic (exact) mass is 215 g/mol. The topological polar surface area (TPSA) is 49.8 Å². The van der Waals surface area contributed by atoms with Gasteiger partial charge in [-0.2, -0.15) is 0 Å². The molecule has 2 unspecified atom stereocenters. The van der Waals surface area contributed by atoms with Crippen LogP contribution in [0.4, 0.5) is 0 Å². The van der Waals surface area contributed by atoms with Crippen molar-refractivity contribution in [1.29, 1.82) is 0 Å². The van der Waals surface area contributed by atoms with E-state index < -0.39 is 6.10 Å². The summed E-state index contributed by atoms with van der Waals surface area (Å²) >= 11 is 0. The van der Waals surface area contributed by atoms with Crippen LogP contribution in [0.15, 0.2) is 0 Å². The largest absolute Gasteiger partial charge is 0.466 e. The van der Waals surface area contributed by atoms with E-state index in [4.69, 9.17) is 4.74 Å². The second-order valence-electron chi connectivity index (χ2n) is 4.68. The molecule has 0 aliphatic carbocycles. The van der Waals surface area contributed by atoms with Gasteiger partial charge in [0, 0.05) is 18.5 Å². The van der Waals surface area contributed by atoms with E-state index in [1.165, 1.54) is 0 Å². The van der Waals surface area contributed by atoms with Crippen LogP contribution in [0.5, 0.6) is 0 Å². The lowest BCUT2D eigenvalue weighted by atomic mass is 9.76. The van der Waals surface area contributed by atoms with Crippen molar-refractivity contribution in [2.45, 2.75) is 32.8 Å². The van der Waals surface area contributed by atoms with Gasteiger partial charge in [0.25, 0.3) is 0 Å². The molecule has 0 spiro atoms. The summed E-state index contributed by atoms with van der Waals surface area (Å²) in [5, 5.41) is 9.93. The van der Waals surface area contributed by atoms with Gasteiger partial charge >= 0.3 is 5.97 Å². The van der Waals surface area contributed by atoms with Gasteiger partial charge in [0.1, 0.15) is 0 Å². The third-order valence-corrected chi connectivity index (χ3v) is 3.07. The van der Waals surface area contributed by atoms with E-state index in [0.29, 0.717) is 13.0 Å². The lowest BCUT2D eigenvalue weighted by Gasteiger charge is -2.42. The Labute approximate surface area is 91.2 Å². The number of ether oxygens (including phenoxy) is 1. The van der Waals surface area contributed by atoms with Crippen molar-refractivity contribution in [2.24, 2.45) is 5.41 Å². The molecule has 1 aliphatic rings. The maximum atomic E-state index is 11.4. The molecule has 2 atom stereocenters. The summed E-state index contributed by atoms with van der Waals surface area (Å²) in [6.45, 7) is 5.78. The van der Waals surface area contributed by atoms with Gasteiger partial charge in [-0.05, 0) is 20.4 Å². The van der Waals surface area contributed by atoms with Crippen molar-refractivity contribution < 1.29 is 14.6 Å². The SMILES string of the molecule is CCOC(=O)CC1(C)CN(C)CCC1O. The Balaban J connectivity index is 2.58. The third kappa shape index (κ3) is 3.18.